The van der Waals surface area contributed by atoms with Crippen molar-refractivity contribution in [3.8, 4) is 0 Å². The monoisotopic (exact) mass is 344 g/mol. The Morgan fingerprint density at radius 3 is 2.90 bits per heavy atom. The quantitative estimate of drug-likeness (QED) is 0.865. The first-order chi connectivity index (χ1) is 10.2. The minimum Gasteiger partial charge on any atom is -0.313 e. The Labute approximate surface area is 135 Å². The summed E-state index contributed by atoms with van der Waals surface area (Å²) in [6.07, 6.45) is 1.12. The summed E-state index contributed by atoms with van der Waals surface area (Å²) >= 11 is 3.56. The molecule has 1 aliphatic rings. The number of hydrogen-bond acceptors (Lipinski definition) is 2. The molecule has 0 saturated carbocycles. The van der Waals surface area contributed by atoms with Crippen LogP contribution in [0.5, 0.6) is 0 Å². The van der Waals surface area contributed by atoms with E-state index in [0.29, 0.717) is 12.1 Å². The molecular weight excluding hydrogens is 324 g/mol. The van der Waals surface area contributed by atoms with Gasteiger partial charge in [0.15, 0.2) is 0 Å². The molecule has 0 aromatic heterocycles. The third-order valence-corrected chi connectivity index (χ3v) is 4.65. The molecule has 0 spiro atoms. The van der Waals surface area contributed by atoms with Gasteiger partial charge in [-0.2, -0.15) is 0 Å². The van der Waals surface area contributed by atoms with Gasteiger partial charge in [-0.15, -0.1) is 0 Å². The van der Waals surface area contributed by atoms with E-state index in [2.05, 4.69) is 82.0 Å². The van der Waals surface area contributed by atoms with E-state index in [1.807, 2.05) is 0 Å². The summed E-state index contributed by atoms with van der Waals surface area (Å²) in [5, 5.41) is 7.31. The van der Waals surface area contributed by atoms with Crippen LogP contribution in [0.3, 0.4) is 0 Å². The molecule has 2 nitrogen and oxygen atoms in total. The molecule has 3 rings (SSSR count). The summed E-state index contributed by atoms with van der Waals surface area (Å²) in [4.78, 5) is 0. The molecule has 0 aliphatic carbocycles. The van der Waals surface area contributed by atoms with Gasteiger partial charge in [0.1, 0.15) is 0 Å². The predicted octanol–water partition coefficient (Wildman–Crippen LogP) is 4.33. The lowest BCUT2D eigenvalue weighted by atomic mass is 9.97. The molecule has 1 aliphatic heterocycles. The zero-order valence-corrected chi connectivity index (χ0v) is 13.9. The lowest BCUT2D eigenvalue weighted by molar-refractivity contribution is 0.443. The molecule has 0 fully saturated rings. The van der Waals surface area contributed by atoms with E-state index >= 15 is 0 Å². The van der Waals surface area contributed by atoms with E-state index in [0.717, 1.165) is 24.0 Å². The van der Waals surface area contributed by atoms with E-state index in [-0.39, 0.29) is 0 Å². The van der Waals surface area contributed by atoms with Gasteiger partial charge in [-0.05, 0) is 48.7 Å². The van der Waals surface area contributed by atoms with Crippen molar-refractivity contribution in [1.29, 1.82) is 0 Å². The Bertz CT molecular complexity index is 612. The van der Waals surface area contributed by atoms with E-state index < -0.39 is 0 Å². The molecule has 2 N–H and O–H groups in total. The molecule has 2 atom stereocenters. The standard InChI is InChI=1S/C18H21BrN2/c1-13(14-6-4-7-16(19)11-14)21-18-9-10-20-12-15-5-2-3-8-17(15)18/h2-8,11,13,18,20-21H,9-10,12H2,1H3/t13-,18?/m1/s1. The number of benzene rings is 2. The number of halogens is 1. The van der Waals surface area contributed by atoms with Crippen LogP contribution in [0.4, 0.5) is 0 Å². The van der Waals surface area contributed by atoms with Crippen LogP contribution in [0.15, 0.2) is 53.0 Å². The first kappa shape index (κ1) is 14.8. The molecule has 21 heavy (non-hydrogen) atoms. The number of rotatable bonds is 3. The number of fused-ring (bicyclic) bond motifs is 1. The smallest absolute Gasteiger partial charge is 0.0340 e. The van der Waals surface area contributed by atoms with Gasteiger partial charge in [-0.25, -0.2) is 0 Å². The Morgan fingerprint density at radius 1 is 1.19 bits per heavy atom. The van der Waals surface area contributed by atoms with Gasteiger partial charge in [-0.1, -0.05) is 52.3 Å². The molecular formula is C18H21BrN2. The minimum atomic E-state index is 0.332. The third-order valence-electron chi connectivity index (χ3n) is 4.16. The van der Waals surface area contributed by atoms with Crippen molar-refractivity contribution < 1.29 is 0 Å². The lowest BCUT2D eigenvalue weighted by Gasteiger charge is -2.24. The molecule has 0 saturated heterocycles. The highest BCUT2D eigenvalue weighted by atomic mass is 79.9. The van der Waals surface area contributed by atoms with E-state index in [1.165, 1.54) is 16.7 Å². The Kier molecular flexibility index (Phi) is 4.73. The largest absolute Gasteiger partial charge is 0.313 e. The molecule has 110 valence electrons. The Hall–Kier alpha value is -1.16. The summed E-state index contributed by atoms with van der Waals surface area (Å²) in [6.45, 7) is 4.26. The average Bonchev–Trinajstić information content (AvgIpc) is 2.70. The van der Waals surface area contributed by atoms with Crippen molar-refractivity contribution in [1.82, 2.24) is 10.6 Å². The van der Waals surface area contributed by atoms with Gasteiger partial charge in [-0.3, -0.25) is 0 Å². The fourth-order valence-electron chi connectivity index (χ4n) is 3.01. The van der Waals surface area contributed by atoms with Crippen LogP contribution in [-0.2, 0) is 6.54 Å². The van der Waals surface area contributed by atoms with Crippen LogP contribution < -0.4 is 10.6 Å². The Balaban J connectivity index is 1.81. The molecule has 3 heteroatoms. The van der Waals surface area contributed by atoms with Crippen LogP contribution >= 0.6 is 15.9 Å². The van der Waals surface area contributed by atoms with E-state index in [1.54, 1.807) is 0 Å². The Morgan fingerprint density at radius 2 is 2.05 bits per heavy atom. The maximum Gasteiger partial charge on any atom is 0.0340 e. The molecule has 2 aromatic carbocycles. The second-order valence-corrected chi connectivity index (χ2v) is 6.58. The van der Waals surface area contributed by atoms with Crippen molar-refractivity contribution in [3.63, 3.8) is 0 Å². The number of hydrogen-bond donors (Lipinski definition) is 2. The van der Waals surface area contributed by atoms with Crippen molar-refractivity contribution in [2.75, 3.05) is 6.54 Å². The fraction of sp³-hybridized carbons (Fsp3) is 0.333. The highest BCUT2D eigenvalue weighted by Gasteiger charge is 2.20. The highest BCUT2D eigenvalue weighted by Crippen LogP contribution is 2.27. The summed E-state index contributed by atoms with van der Waals surface area (Å²) in [5.41, 5.74) is 4.16. The van der Waals surface area contributed by atoms with Crippen LogP contribution in [0.1, 0.15) is 42.1 Å². The van der Waals surface area contributed by atoms with Gasteiger partial charge in [0, 0.05) is 23.1 Å². The highest BCUT2D eigenvalue weighted by molar-refractivity contribution is 9.10. The lowest BCUT2D eigenvalue weighted by Crippen LogP contribution is -2.26. The first-order valence-corrected chi connectivity index (χ1v) is 8.33. The SMILES string of the molecule is C[C@@H](NC1CCNCc2ccccc21)c1cccc(Br)c1. The zero-order valence-electron chi connectivity index (χ0n) is 12.3. The third kappa shape index (κ3) is 3.54. The van der Waals surface area contributed by atoms with Gasteiger partial charge in [0.2, 0.25) is 0 Å². The molecule has 1 heterocycles. The molecule has 2 aromatic rings. The van der Waals surface area contributed by atoms with Gasteiger partial charge in [0.05, 0.1) is 0 Å². The number of nitrogens with one attached hydrogen (secondary N) is 2. The van der Waals surface area contributed by atoms with Crippen LogP contribution in [0.2, 0.25) is 0 Å². The van der Waals surface area contributed by atoms with Crippen molar-refractivity contribution >= 4 is 15.9 Å². The topological polar surface area (TPSA) is 24.1 Å². The maximum atomic E-state index is 3.80. The van der Waals surface area contributed by atoms with Crippen LogP contribution in [0.25, 0.3) is 0 Å². The maximum absolute atomic E-state index is 3.80. The van der Waals surface area contributed by atoms with Crippen LogP contribution in [-0.4, -0.2) is 6.54 Å². The molecule has 0 amide bonds. The average molecular weight is 345 g/mol. The van der Waals surface area contributed by atoms with Crippen molar-refractivity contribution in [2.24, 2.45) is 0 Å². The van der Waals surface area contributed by atoms with Crippen molar-refractivity contribution in [3.05, 3.63) is 69.7 Å². The summed E-state index contributed by atoms with van der Waals surface area (Å²) in [7, 11) is 0. The van der Waals surface area contributed by atoms with Gasteiger partial charge >= 0.3 is 0 Å². The predicted molar refractivity (Wildman–Crippen MR) is 91.2 cm³/mol. The normalized spacial score (nSPS) is 19.6. The van der Waals surface area contributed by atoms with E-state index in [4.69, 9.17) is 0 Å². The molecule has 1 unspecified atom stereocenters. The zero-order chi connectivity index (χ0) is 14.7. The van der Waals surface area contributed by atoms with E-state index in [9.17, 15) is 0 Å². The van der Waals surface area contributed by atoms with Gasteiger partial charge in [0.25, 0.3) is 0 Å². The summed E-state index contributed by atoms with van der Waals surface area (Å²) < 4.78 is 1.14. The second-order valence-electron chi connectivity index (χ2n) is 5.66. The minimum absolute atomic E-state index is 0.332. The van der Waals surface area contributed by atoms with Crippen LogP contribution in [0, 0.1) is 0 Å². The second kappa shape index (κ2) is 6.73. The van der Waals surface area contributed by atoms with Gasteiger partial charge < -0.3 is 10.6 Å². The molecule has 0 bridgehead atoms. The summed E-state index contributed by atoms with van der Waals surface area (Å²) in [6, 6.07) is 18.0. The first-order valence-electron chi connectivity index (χ1n) is 7.54. The molecule has 0 radical (unpaired) electrons. The van der Waals surface area contributed by atoms with Crippen molar-refractivity contribution in [2.45, 2.75) is 32.0 Å². The fourth-order valence-corrected chi connectivity index (χ4v) is 3.42. The summed E-state index contributed by atoms with van der Waals surface area (Å²) in [5.74, 6) is 0.